The first-order valence-corrected chi connectivity index (χ1v) is 6.54. The van der Waals surface area contributed by atoms with E-state index in [1.165, 1.54) is 0 Å². The number of nitrogens with zero attached hydrogens (tertiary/aromatic N) is 1. The molecule has 1 aromatic carbocycles. The number of fused-ring (bicyclic) bond motifs is 1. The van der Waals surface area contributed by atoms with Gasteiger partial charge in [0.1, 0.15) is 0 Å². The molecule has 0 atom stereocenters. The van der Waals surface area contributed by atoms with Crippen molar-refractivity contribution in [2.24, 2.45) is 0 Å². The Balaban J connectivity index is 2.13. The maximum Gasteiger partial charge on any atom is 0.0705 e. The van der Waals surface area contributed by atoms with E-state index in [2.05, 4.69) is 10.3 Å². The van der Waals surface area contributed by atoms with Gasteiger partial charge in [-0.05, 0) is 18.6 Å². The Bertz CT molecular complexity index is 530. The van der Waals surface area contributed by atoms with Crippen molar-refractivity contribution in [2.75, 3.05) is 13.2 Å². The highest BCUT2D eigenvalue weighted by Gasteiger charge is 2.25. The normalized spacial score (nSPS) is 11.9. The van der Waals surface area contributed by atoms with Gasteiger partial charge in [-0.2, -0.15) is 0 Å². The number of hydrogen-bond acceptors (Lipinski definition) is 4. The predicted molar refractivity (Wildman–Crippen MR) is 75.8 cm³/mol. The number of rotatable bonds is 6. The minimum atomic E-state index is -0.632. The number of nitrogens with one attached hydrogen (secondary N) is 1. The van der Waals surface area contributed by atoms with Crippen molar-refractivity contribution in [2.45, 2.75) is 25.4 Å². The summed E-state index contributed by atoms with van der Waals surface area (Å²) in [6.45, 7) is 2.29. The number of hydrogen-bond donors (Lipinski definition) is 3. The average Bonchev–Trinajstić information content (AvgIpc) is 2.49. The second-order valence-electron chi connectivity index (χ2n) is 4.80. The summed E-state index contributed by atoms with van der Waals surface area (Å²) in [6, 6.07) is 11.9. The summed E-state index contributed by atoms with van der Waals surface area (Å²) in [5, 5.41) is 23.1. The quantitative estimate of drug-likeness (QED) is 0.735. The Morgan fingerprint density at radius 2 is 1.84 bits per heavy atom. The van der Waals surface area contributed by atoms with Crippen LogP contribution < -0.4 is 5.32 Å². The number of aliphatic hydroxyl groups is 2. The van der Waals surface area contributed by atoms with Gasteiger partial charge < -0.3 is 15.5 Å². The van der Waals surface area contributed by atoms with Crippen molar-refractivity contribution >= 4 is 10.9 Å². The molecule has 19 heavy (non-hydrogen) atoms. The monoisotopic (exact) mass is 260 g/mol. The van der Waals surface area contributed by atoms with Crippen LogP contribution >= 0.6 is 0 Å². The molecule has 2 aromatic rings. The highest BCUT2D eigenvalue weighted by Crippen LogP contribution is 2.13. The zero-order valence-corrected chi connectivity index (χ0v) is 11.1. The standard InChI is InChI=1S/C15H20N2O2/c1-2-15(10-18,11-19)16-9-13-8-7-12-5-3-4-6-14(12)17-13/h3-8,16,18-19H,2,9-11H2,1H3. The molecule has 102 valence electrons. The first kappa shape index (κ1) is 13.9. The SMILES string of the molecule is CCC(CO)(CO)NCc1ccc2ccccc2n1. The van der Waals surface area contributed by atoms with Crippen LogP contribution in [-0.2, 0) is 6.54 Å². The van der Waals surface area contributed by atoms with Crippen molar-refractivity contribution in [1.82, 2.24) is 10.3 Å². The van der Waals surface area contributed by atoms with Crippen LogP contribution in [0.25, 0.3) is 10.9 Å². The topological polar surface area (TPSA) is 65.4 Å². The number of benzene rings is 1. The Morgan fingerprint density at radius 1 is 1.11 bits per heavy atom. The second-order valence-corrected chi connectivity index (χ2v) is 4.80. The average molecular weight is 260 g/mol. The van der Waals surface area contributed by atoms with E-state index in [-0.39, 0.29) is 13.2 Å². The molecule has 0 radical (unpaired) electrons. The van der Waals surface area contributed by atoms with Gasteiger partial charge in [0.2, 0.25) is 0 Å². The number of para-hydroxylation sites is 1. The van der Waals surface area contributed by atoms with Crippen LogP contribution in [0.3, 0.4) is 0 Å². The van der Waals surface area contributed by atoms with Gasteiger partial charge in [-0.1, -0.05) is 31.2 Å². The van der Waals surface area contributed by atoms with Crippen molar-refractivity contribution < 1.29 is 10.2 Å². The van der Waals surface area contributed by atoms with E-state index >= 15 is 0 Å². The molecule has 0 bridgehead atoms. The zero-order chi connectivity index (χ0) is 13.7. The predicted octanol–water partition coefficient (Wildman–Crippen LogP) is 1.46. The first-order chi connectivity index (χ1) is 9.23. The van der Waals surface area contributed by atoms with Crippen molar-refractivity contribution in [3.8, 4) is 0 Å². The smallest absolute Gasteiger partial charge is 0.0705 e. The van der Waals surface area contributed by atoms with Crippen LogP contribution in [0.5, 0.6) is 0 Å². The fourth-order valence-corrected chi connectivity index (χ4v) is 2.00. The van der Waals surface area contributed by atoms with Gasteiger partial charge >= 0.3 is 0 Å². The molecule has 0 aliphatic carbocycles. The van der Waals surface area contributed by atoms with Gasteiger partial charge in [0.05, 0.1) is 30.0 Å². The van der Waals surface area contributed by atoms with Crippen molar-refractivity contribution in [1.29, 1.82) is 0 Å². The molecule has 0 spiro atoms. The Labute approximate surface area is 113 Å². The third-order valence-electron chi connectivity index (χ3n) is 3.58. The van der Waals surface area contributed by atoms with Crippen LogP contribution in [-0.4, -0.2) is 33.9 Å². The van der Waals surface area contributed by atoms with Crippen molar-refractivity contribution in [3.05, 3.63) is 42.1 Å². The van der Waals surface area contributed by atoms with E-state index in [0.29, 0.717) is 13.0 Å². The van der Waals surface area contributed by atoms with Gasteiger partial charge in [-0.25, -0.2) is 0 Å². The summed E-state index contributed by atoms with van der Waals surface area (Å²) in [4.78, 5) is 4.56. The Hall–Kier alpha value is -1.49. The second kappa shape index (κ2) is 6.10. The molecule has 1 aromatic heterocycles. The fraction of sp³-hybridized carbons (Fsp3) is 0.400. The third-order valence-corrected chi connectivity index (χ3v) is 3.58. The summed E-state index contributed by atoms with van der Waals surface area (Å²) in [7, 11) is 0. The van der Waals surface area contributed by atoms with E-state index < -0.39 is 5.54 Å². The van der Waals surface area contributed by atoms with Crippen LogP contribution in [0, 0.1) is 0 Å². The minimum Gasteiger partial charge on any atom is -0.394 e. The zero-order valence-electron chi connectivity index (χ0n) is 11.1. The highest BCUT2D eigenvalue weighted by molar-refractivity contribution is 5.78. The van der Waals surface area contributed by atoms with Crippen molar-refractivity contribution in [3.63, 3.8) is 0 Å². The molecule has 1 heterocycles. The van der Waals surface area contributed by atoms with Gasteiger partial charge in [-0.3, -0.25) is 4.98 Å². The molecule has 4 heteroatoms. The molecular weight excluding hydrogens is 240 g/mol. The molecule has 2 rings (SSSR count). The summed E-state index contributed by atoms with van der Waals surface area (Å²) < 4.78 is 0. The minimum absolute atomic E-state index is 0.0897. The molecule has 0 unspecified atom stereocenters. The highest BCUT2D eigenvalue weighted by atomic mass is 16.3. The van der Waals surface area contributed by atoms with E-state index in [9.17, 15) is 10.2 Å². The lowest BCUT2D eigenvalue weighted by atomic mass is 9.98. The molecule has 0 aliphatic heterocycles. The van der Waals surface area contributed by atoms with E-state index in [0.717, 1.165) is 16.6 Å². The molecule has 0 fully saturated rings. The fourth-order valence-electron chi connectivity index (χ4n) is 2.00. The van der Waals surface area contributed by atoms with Gasteiger partial charge in [-0.15, -0.1) is 0 Å². The van der Waals surface area contributed by atoms with E-state index in [1.54, 1.807) is 0 Å². The van der Waals surface area contributed by atoms with Crippen LogP contribution in [0.15, 0.2) is 36.4 Å². The molecule has 0 saturated heterocycles. The summed E-state index contributed by atoms with van der Waals surface area (Å²) in [6.07, 6.45) is 0.660. The number of aliphatic hydroxyl groups excluding tert-OH is 2. The Morgan fingerprint density at radius 3 is 2.53 bits per heavy atom. The van der Waals surface area contributed by atoms with E-state index in [1.807, 2.05) is 43.3 Å². The lowest BCUT2D eigenvalue weighted by Gasteiger charge is -2.29. The van der Waals surface area contributed by atoms with Gasteiger partial charge in [0, 0.05) is 11.9 Å². The molecule has 0 amide bonds. The summed E-state index contributed by atoms with van der Waals surface area (Å²) in [5.74, 6) is 0. The van der Waals surface area contributed by atoms with Crippen LogP contribution in [0.1, 0.15) is 19.0 Å². The molecule has 3 N–H and O–H groups in total. The molecule has 0 saturated carbocycles. The molecule has 0 aliphatic rings. The van der Waals surface area contributed by atoms with Gasteiger partial charge in [0.15, 0.2) is 0 Å². The summed E-state index contributed by atoms with van der Waals surface area (Å²) >= 11 is 0. The van der Waals surface area contributed by atoms with Gasteiger partial charge in [0.25, 0.3) is 0 Å². The third kappa shape index (κ3) is 3.10. The van der Waals surface area contributed by atoms with E-state index in [4.69, 9.17) is 0 Å². The molecular formula is C15H20N2O2. The lowest BCUT2D eigenvalue weighted by Crippen LogP contribution is -2.50. The number of pyridine rings is 1. The first-order valence-electron chi connectivity index (χ1n) is 6.54. The maximum atomic E-state index is 9.38. The largest absolute Gasteiger partial charge is 0.394 e. The summed E-state index contributed by atoms with van der Waals surface area (Å²) in [5.41, 5.74) is 1.23. The number of aromatic nitrogens is 1. The molecule has 4 nitrogen and oxygen atoms in total. The van der Waals surface area contributed by atoms with Crippen LogP contribution in [0.4, 0.5) is 0 Å². The lowest BCUT2D eigenvalue weighted by molar-refractivity contribution is 0.0861. The maximum absolute atomic E-state index is 9.38. The Kier molecular flexibility index (Phi) is 4.47. The van der Waals surface area contributed by atoms with Crippen LogP contribution in [0.2, 0.25) is 0 Å².